The summed E-state index contributed by atoms with van der Waals surface area (Å²) >= 11 is 0. The number of carbonyl (C=O) groups excluding carboxylic acids is 2. The van der Waals surface area contributed by atoms with Gasteiger partial charge in [0.05, 0.1) is 0 Å². The van der Waals surface area contributed by atoms with Crippen molar-refractivity contribution in [3.63, 3.8) is 0 Å². The number of fused-ring (bicyclic) bond motifs is 1. The lowest BCUT2D eigenvalue weighted by Crippen LogP contribution is -2.46. The normalized spacial score (nSPS) is 24.4. The van der Waals surface area contributed by atoms with Crippen molar-refractivity contribution in [2.24, 2.45) is 11.8 Å². The SMILES string of the molecule is O=C(Nc1nc2cccc(C3CCN(C(=O)C4CC(F)(F)C4)C3)n2n1)C1CC1. The van der Waals surface area contributed by atoms with Gasteiger partial charge in [0.2, 0.25) is 23.7 Å². The summed E-state index contributed by atoms with van der Waals surface area (Å²) in [6.45, 7) is 1.05. The molecule has 2 aromatic rings. The molecule has 3 fully saturated rings. The first kappa shape index (κ1) is 17.5. The third-order valence-corrected chi connectivity index (χ3v) is 5.93. The molecule has 1 unspecified atom stereocenters. The van der Waals surface area contributed by atoms with Gasteiger partial charge in [0.25, 0.3) is 0 Å². The van der Waals surface area contributed by atoms with Crippen molar-refractivity contribution in [1.82, 2.24) is 19.5 Å². The molecule has 1 saturated heterocycles. The number of halogens is 2. The number of carbonyl (C=O) groups is 2. The molecule has 28 heavy (non-hydrogen) atoms. The molecule has 0 aromatic carbocycles. The molecule has 2 aromatic heterocycles. The van der Waals surface area contributed by atoms with Crippen LogP contribution in [0.25, 0.3) is 5.65 Å². The van der Waals surface area contributed by atoms with Crippen molar-refractivity contribution in [2.75, 3.05) is 18.4 Å². The van der Waals surface area contributed by atoms with Crippen LogP contribution in [0.1, 0.15) is 43.7 Å². The van der Waals surface area contributed by atoms with E-state index in [2.05, 4.69) is 15.4 Å². The average molecular weight is 389 g/mol. The molecular weight excluding hydrogens is 368 g/mol. The summed E-state index contributed by atoms with van der Waals surface area (Å²) in [5.41, 5.74) is 1.54. The number of nitrogens with one attached hydrogen (secondary N) is 1. The van der Waals surface area contributed by atoms with Gasteiger partial charge in [0.1, 0.15) is 0 Å². The highest BCUT2D eigenvalue weighted by atomic mass is 19.3. The maximum absolute atomic E-state index is 13.1. The minimum Gasteiger partial charge on any atom is -0.342 e. The Hall–Kier alpha value is -2.58. The van der Waals surface area contributed by atoms with E-state index in [0.29, 0.717) is 18.7 Å². The summed E-state index contributed by atoms with van der Waals surface area (Å²) in [5.74, 6) is -3.05. The number of likely N-dealkylation sites (tertiary alicyclic amines) is 1. The Kier molecular flexibility index (Phi) is 3.89. The predicted octanol–water partition coefficient (Wildman–Crippen LogP) is 2.44. The van der Waals surface area contributed by atoms with Gasteiger partial charge in [0, 0.05) is 49.4 Å². The largest absolute Gasteiger partial charge is 0.342 e. The highest BCUT2D eigenvalue weighted by molar-refractivity contribution is 5.92. The molecule has 2 saturated carbocycles. The second-order valence-corrected chi connectivity index (χ2v) is 8.15. The molecule has 0 radical (unpaired) electrons. The summed E-state index contributed by atoms with van der Waals surface area (Å²) in [7, 11) is 0. The molecule has 1 N–H and O–H groups in total. The number of aromatic nitrogens is 3. The van der Waals surface area contributed by atoms with Gasteiger partial charge < -0.3 is 4.90 Å². The molecule has 2 amide bonds. The Morgan fingerprint density at radius 3 is 2.64 bits per heavy atom. The topological polar surface area (TPSA) is 79.6 Å². The lowest BCUT2D eigenvalue weighted by atomic mass is 9.80. The van der Waals surface area contributed by atoms with Crippen molar-refractivity contribution in [3.05, 3.63) is 23.9 Å². The van der Waals surface area contributed by atoms with Crippen LogP contribution in [0.5, 0.6) is 0 Å². The van der Waals surface area contributed by atoms with Crippen LogP contribution in [0.4, 0.5) is 14.7 Å². The van der Waals surface area contributed by atoms with Crippen LogP contribution in [0.3, 0.4) is 0 Å². The Bertz CT molecular complexity index is 947. The molecule has 0 bridgehead atoms. The van der Waals surface area contributed by atoms with Gasteiger partial charge in [-0.05, 0) is 31.4 Å². The van der Waals surface area contributed by atoms with E-state index >= 15 is 0 Å². The number of anilines is 1. The third-order valence-electron chi connectivity index (χ3n) is 5.93. The van der Waals surface area contributed by atoms with E-state index in [1.807, 2.05) is 18.2 Å². The summed E-state index contributed by atoms with van der Waals surface area (Å²) in [6, 6.07) is 5.63. The Labute approximate surface area is 160 Å². The van der Waals surface area contributed by atoms with E-state index in [1.54, 1.807) is 9.42 Å². The standard InChI is InChI=1S/C19H21F2N5O2/c20-19(21)8-13(9-19)17(28)25-7-6-12(10-25)14-2-1-3-15-22-18(24-26(14)15)23-16(27)11-4-5-11/h1-3,11-13H,4-10H2,(H,23,24,27). The maximum Gasteiger partial charge on any atom is 0.249 e. The Morgan fingerprint density at radius 2 is 1.93 bits per heavy atom. The van der Waals surface area contributed by atoms with E-state index in [0.717, 1.165) is 25.0 Å². The van der Waals surface area contributed by atoms with Crippen LogP contribution >= 0.6 is 0 Å². The van der Waals surface area contributed by atoms with Crippen molar-refractivity contribution < 1.29 is 18.4 Å². The number of alkyl halides is 2. The van der Waals surface area contributed by atoms with Gasteiger partial charge >= 0.3 is 0 Å². The average Bonchev–Trinajstić information content (AvgIpc) is 3.23. The molecule has 3 aliphatic rings. The number of pyridine rings is 1. The molecule has 1 atom stereocenters. The summed E-state index contributed by atoms with van der Waals surface area (Å²) in [4.78, 5) is 30.5. The zero-order valence-corrected chi connectivity index (χ0v) is 15.3. The van der Waals surface area contributed by atoms with Crippen LogP contribution in [0.15, 0.2) is 18.2 Å². The van der Waals surface area contributed by atoms with Crippen LogP contribution in [0.2, 0.25) is 0 Å². The van der Waals surface area contributed by atoms with Gasteiger partial charge in [-0.1, -0.05) is 6.07 Å². The van der Waals surface area contributed by atoms with Crippen LogP contribution in [0, 0.1) is 11.8 Å². The first-order chi connectivity index (χ1) is 13.4. The van der Waals surface area contributed by atoms with Crippen LogP contribution < -0.4 is 5.32 Å². The number of rotatable bonds is 4. The van der Waals surface area contributed by atoms with E-state index in [4.69, 9.17) is 0 Å². The second-order valence-electron chi connectivity index (χ2n) is 8.15. The van der Waals surface area contributed by atoms with Crippen molar-refractivity contribution in [1.29, 1.82) is 0 Å². The molecule has 0 spiro atoms. The number of hydrogen-bond donors (Lipinski definition) is 1. The van der Waals surface area contributed by atoms with Gasteiger partial charge in [-0.15, -0.1) is 5.10 Å². The lowest BCUT2D eigenvalue weighted by Gasteiger charge is -2.36. The maximum atomic E-state index is 13.1. The van der Waals surface area contributed by atoms with Gasteiger partial charge in [-0.3, -0.25) is 14.9 Å². The number of amides is 2. The van der Waals surface area contributed by atoms with E-state index in [9.17, 15) is 18.4 Å². The van der Waals surface area contributed by atoms with Gasteiger partial charge in [-0.25, -0.2) is 13.3 Å². The summed E-state index contributed by atoms with van der Waals surface area (Å²) < 4.78 is 27.9. The summed E-state index contributed by atoms with van der Waals surface area (Å²) in [6.07, 6.45) is 1.88. The van der Waals surface area contributed by atoms with Gasteiger partial charge in [-0.2, -0.15) is 4.98 Å². The second kappa shape index (κ2) is 6.22. The molecule has 9 heteroatoms. The zero-order chi connectivity index (χ0) is 19.5. The Morgan fingerprint density at radius 1 is 1.14 bits per heavy atom. The number of nitrogens with zero attached hydrogens (tertiary/aromatic N) is 4. The van der Waals surface area contributed by atoms with E-state index in [-0.39, 0.29) is 42.4 Å². The molecule has 3 heterocycles. The monoisotopic (exact) mass is 389 g/mol. The quantitative estimate of drug-likeness (QED) is 0.871. The predicted molar refractivity (Wildman–Crippen MR) is 95.9 cm³/mol. The smallest absolute Gasteiger partial charge is 0.249 e. The van der Waals surface area contributed by atoms with Crippen molar-refractivity contribution in [3.8, 4) is 0 Å². The van der Waals surface area contributed by atoms with E-state index in [1.165, 1.54) is 0 Å². The minimum absolute atomic E-state index is 0.0487. The molecule has 5 rings (SSSR count). The van der Waals surface area contributed by atoms with E-state index < -0.39 is 11.8 Å². The fourth-order valence-electron chi connectivity index (χ4n) is 4.14. The molecule has 2 aliphatic carbocycles. The van der Waals surface area contributed by atoms with Gasteiger partial charge in [0.15, 0.2) is 5.65 Å². The van der Waals surface area contributed by atoms with Crippen molar-refractivity contribution in [2.45, 2.75) is 43.9 Å². The first-order valence-corrected chi connectivity index (χ1v) is 9.73. The van der Waals surface area contributed by atoms with Crippen molar-refractivity contribution >= 4 is 23.4 Å². The Balaban J connectivity index is 1.31. The third kappa shape index (κ3) is 3.12. The fraction of sp³-hybridized carbons (Fsp3) is 0.579. The lowest BCUT2D eigenvalue weighted by molar-refractivity contribution is -0.158. The number of hydrogen-bond acceptors (Lipinski definition) is 4. The molecule has 7 nitrogen and oxygen atoms in total. The first-order valence-electron chi connectivity index (χ1n) is 9.73. The highest BCUT2D eigenvalue weighted by Crippen LogP contribution is 2.44. The van der Waals surface area contributed by atoms with Crippen LogP contribution in [-0.4, -0.2) is 50.3 Å². The summed E-state index contributed by atoms with van der Waals surface area (Å²) in [5, 5.41) is 7.19. The molecule has 1 aliphatic heterocycles. The zero-order valence-electron chi connectivity index (χ0n) is 15.3. The highest BCUT2D eigenvalue weighted by Gasteiger charge is 2.50. The van der Waals surface area contributed by atoms with Crippen LogP contribution in [-0.2, 0) is 9.59 Å². The molecule has 148 valence electrons. The fourth-order valence-corrected chi connectivity index (χ4v) is 4.14. The molecular formula is C19H21F2N5O2. The minimum atomic E-state index is -2.69.